The molecule has 4 rings (SSSR count). The van der Waals surface area contributed by atoms with E-state index in [4.69, 9.17) is 4.74 Å². The van der Waals surface area contributed by atoms with Crippen LogP contribution in [0, 0.1) is 5.92 Å². The minimum Gasteiger partial charge on any atom is -0.491 e. The third-order valence-electron chi connectivity index (χ3n) is 6.19. The number of benzene rings is 3. The van der Waals surface area contributed by atoms with Gasteiger partial charge in [0.05, 0.1) is 11.0 Å². The van der Waals surface area contributed by atoms with Crippen molar-refractivity contribution in [2.45, 2.75) is 44.1 Å². The average molecular weight is 481 g/mol. The SMILES string of the molecule is CC(C)Oc1ccc(CCNC(=O)C2CCN(S(=O)(=O)c3ccc4ccccc4c3)CC2)cc1. The molecule has 0 radical (unpaired) electrons. The lowest BCUT2D eigenvalue weighted by molar-refractivity contribution is -0.126. The van der Waals surface area contributed by atoms with E-state index < -0.39 is 10.0 Å². The number of fused-ring (bicyclic) bond motifs is 1. The number of nitrogens with zero attached hydrogens (tertiary/aromatic N) is 1. The normalized spacial score (nSPS) is 15.5. The Hall–Kier alpha value is -2.90. The van der Waals surface area contributed by atoms with Crippen molar-refractivity contribution in [3.05, 3.63) is 72.3 Å². The molecular formula is C27H32N2O4S. The number of hydrogen-bond acceptors (Lipinski definition) is 4. The summed E-state index contributed by atoms with van der Waals surface area (Å²) in [7, 11) is -3.58. The Kier molecular flexibility index (Phi) is 7.54. The monoisotopic (exact) mass is 480 g/mol. The summed E-state index contributed by atoms with van der Waals surface area (Å²) in [4.78, 5) is 12.9. The first-order valence-electron chi connectivity index (χ1n) is 11.9. The molecule has 1 aliphatic rings. The highest BCUT2D eigenvalue weighted by atomic mass is 32.2. The number of ether oxygens (including phenoxy) is 1. The number of carbonyl (C=O) groups excluding carboxylic acids is 1. The molecule has 1 fully saturated rings. The van der Waals surface area contributed by atoms with Gasteiger partial charge in [-0.05, 0) is 73.7 Å². The molecule has 34 heavy (non-hydrogen) atoms. The number of nitrogens with one attached hydrogen (secondary N) is 1. The highest BCUT2D eigenvalue weighted by molar-refractivity contribution is 7.89. The lowest BCUT2D eigenvalue weighted by Gasteiger charge is -2.30. The number of carbonyl (C=O) groups is 1. The fourth-order valence-electron chi connectivity index (χ4n) is 4.32. The molecule has 1 amide bonds. The van der Waals surface area contributed by atoms with Gasteiger partial charge in [0.25, 0.3) is 0 Å². The van der Waals surface area contributed by atoms with Crippen LogP contribution in [0.5, 0.6) is 5.75 Å². The van der Waals surface area contributed by atoms with Crippen molar-refractivity contribution in [1.82, 2.24) is 9.62 Å². The van der Waals surface area contributed by atoms with Gasteiger partial charge in [0.15, 0.2) is 0 Å². The molecule has 0 unspecified atom stereocenters. The summed E-state index contributed by atoms with van der Waals surface area (Å²) in [6.07, 6.45) is 1.93. The Labute approximate surface area is 202 Å². The van der Waals surface area contributed by atoms with Crippen LogP contribution in [0.4, 0.5) is 0 Å². The zero-order valence-corrected chi connectivity index (χ0v) is 20.6. The Morgan fingerprint density at radius 1 is 1.00 bits per heavy atom. The van der Waals surface area contributed by atoms with Crippen molar-refractivity contribution in [1.29, 1.82) is 0 Å². The molecule has 1 heterocycles. The molecule has 1 N–H and O–H groups in total. The predicted octanol–water partition coefficient (Wildman–Crippen LogP) is 4.39. The molecule has 0 aliphatic carbocycles. The van der Waals surface area contributed by atoms with E-state index in [1.54, 1.807) is 12.1 Å². The first kappa shape index (κ1) is 24.2. The van der Waals surface area contributed by atoms with Crippen molar-refractivity contribution < 1.29 is 17.9 Å². The van der Waals surface area contributed by atoms with Gasteiger partial charge in [0.1, 0.15) is 5.75 Å². The highest BCUT2D eigenvalue weighted by Crippen LogP contribution is 2.26. The van der Waals surface area contributed by atoms with Crippen LogP contribution >= 0.6 is 0 Å². The maximum absolute atomic E-state index is 13.1. The average Bonchev–Trinajstić information content (AvgIpc) is 2.84. The molecule has 3 aromatic carbocycles. The van der Waals surface area contributed by atoms with Crippen molar-refractivity contribution in [2.24, 2.45) is 5.92 Å². The molecular weight excluding hydrogens is 448 g/mol. The lowest BCUT2D eigenvalue weighted by Crippen LogP contribution is -2.43. The molecule has 0 spiro atoms. The summed E-state index contributed by atoms with van der Waals surface area (Å²) in [5.74, 6) is 0.681. The Balaban J connectivity index is 1.26. The minimum atomic E-state index is -3.58. The summed E-state index contributed by atoms with van der Waals surface area (Å²) in [6, 6.07) is 20.9. The topological polar surface area (TPSA) is 75.7 Å². The van der Waals surface area contributed by atoms with E-state index in [0.717, 1.165) is 28.5 Å². The summed E-state index contributed by atoms with van der Waals surface area (Å²) in [5.41, 5.74) is 1.13. The molecule has 3 aromatic rings. The molecule has 0 saturated carbocycles. The van der Waals surface area contributed by atoms with Crippen LogP contribution in [-0.2, 0) is 21.2 Å². The van der Waals surface area contributed by atoms with Crippen molar-refractivity contribution in [3.63, 3.8) is 0 Å². The van der Waals surface area contributed by atoms with Gasteiger partial charge in [-0.2, -0.15) is 4.31 Å². The van der Waals surface area contributed by atoms with E-state index in [9.17, 15) is 13.2 Å². The van der Waals surface area contributed by atoms with Crippen molar-refractivity contribution in [3.8, 4) is 5.75 Å². The zero-order valence-electron chi connectivity index (χ0n) is 19.7. The van der Waals surface area contributed by atoms with Crippen LogP contribution in [0.1, 0.15) is 32.3 Å². The maximum Gasteiger partial charge on any atom is 0.243 e. The quantitative estimate of drug-likeness (QED) is 0.519. The number of amides is 1. The van der Waals surface area contributed by atoms with E-state index in [2.05, 4.69) is 5.32 Å². The molecule has 0 aromatic heterocycles. The smallest absolute Gasteiger partial charge is 0.243 e. The fourth-order valence-corrected chi connectivity index (χ4v) is 5.82. The number of sulfonamides is 1. The van der Waals surface area contributed by atoms with Gasteiger partial charge in [-0.1, -0.05) is 42.5 Å². The first-order valence-corrected chi connectivity index (χ1v) is 13.3. The second-order valence-corrected chi connectivity index (χ2v) is 11.0. The van der Waals surface area contributed by atoms with Crippen LogP contribution in [0.25, 0.3) is 10.8 Å². The second-order valence-electron chi connectivity index (χ2n) is 9.04. The standard InChI is InChI=1S/C27H32N2O4S/c1-20(2)33-25-10-7-21(8-11-25)13-16-28-27(30)23-14-17-29(18-15-23)34(31,32)26-12-9-22-5-3-4-6-24(22)19-26/h3-12,19-20,23H,13-18H2,1-2H3,(H,28,30). The minimum absolute atomic E-state index is 0.00233. The van der Waals surface area contributed by atoms with E-state index in [-0.39, 0.29) is 17.9 Å². The van der Waals surface area contributed by atoms with Gasteiger partial charge < -0.3 is 10.1 Å². The third-order valence-corrected chi connectivity index (χ3v) is 8.09. The van der Waals surface area contributed by atoms with Crippen LogP contribution in [0.2, 0.25) is 0 Å². The summed E-state index contributed by atoms with van der Waals surface area (Å²) in [5, 5.41) is 4.93. The van der Waals surface area contributed by atoms with Crippen LogP contribution in [0.15, 0.2) is 71.6 Å². The van der Waals surface area contributed by atoms with E-state index >= 15 is 0 Å². The van der Waals surface area contributed by atoms with E-state index in [0.29, 0.717) is 37.4 Å². The summed E-state index contributed by atoms with van der Waals surface area (Å²) >= 11 is 0. The van der Waals surface area contributed by atoms with Gasteiger partial charge in [-0.3, -0.25) is 4.79 Å². The maximum atomic E-state index is 13.1. The van der Waals surface area contributed by atoms with Crippen LogP contribution < -0.4 is 10.1 Å². The number of piperidine rings is 1. The van der Waals surface area contributed by atoms with Crippen LogP contribution in [0.3, 0.4) is 0 Å². The molecule has 0 atom stereocenters. The largest absolute Gasteiger partial charge is 0.491 e. The highest BCUT2D eigenvalue weighted by Gasteiger charge is 2.32. The lowest BCUT2D eigenvalue weighted by atomic mass is 9.97. The molecule has 1 aliphatic heterocycles. The van der Waals surface area contributed by atoms with Gasteiger partial charge in [-0.15, -0.1) is 0 Å². The van der Waals surface area contributed by atoms with Gasteiger partial charge in [-0.25, -0.2) is 8.42 Å². The zero-order chi connectivity index (χ0) is 24.1. The molecule has 0 bridgehead atoms. The van der Waals surface area contributed by atoms with Gasteiger partial charge >= 0.3 is 0 Å². The number of hydrogen-bond donors (Lipinski definition) is 1. The van der Waals surface area contributed by atoms with Crippen molar-refractivity contribution in [2.75, 3.05) is 19.6 Å². The third kappa shape index (κ3) is 5.77. The van der Waals surface area contributed by atoms with E-state index in [1.807, 2.05) is 68.4 Å². The number of rotatable bonds is 8. The Bertz CT molecular complexity index is 1230. The Morgan fingerprint density at radius 3 is 2.35 bits per heavy atom. The first-order chi connectivity index (χ1) is 16.3. The fraction of sp³-hybridized carbons (Fsp3) is 0.370. The van der Waals surface area contributed by atoms with Crippen LogP contribution in [-0.4, -0.2) is 44.4 Å². The Morgan fingerprint density at radius 2 is 1.68 bits per heavy atom. The molecule has 6 nitrogen and oxygen atoms in total. The van der Waals surface area contributed by atoms with E-state index in [1.165, 1.54) is 4.31 Å². The van der Waals surface area contributed by atoms with Crippen molar-refractivity contribution >= 4 is 26.7 Å². The molecule has 180 valence electrons. The summed E-state index contributed by atoms with van der Waals surface area (Å²) in [6.45, 7) is 5.24. The van der Waals surface area contributed by atoms with Gasteiger partial charge in [0, 0.05) is 25.6 Å². The molecule has 1 saturated heterocycles. The predicted molar refractivity (Wildman–Crippen MR) is 134 cm³/mol. The summed E-state index contributed by atoms with van der Waals surface area (Å²) < 4.78 is 33.4. The second kappa shape index (κ2) is 10.6. The molecule has 7 heteroatoms. The van der Waals surface area contributed by atoms with Gasteiger partial charge in [0.2, 0.25) is 15.9 Å².